The Labute approximate surface area is 262 Å². The Hall–Kier alpha value is -5.70. The van der Waals surface area contributed by atoms with E-state index in [4.69, 9.17) is 24.8 Å². The minimum Gasteiger partial charge on any atom is -0.542 e. The molecule has 4 N–H and O–H groups in total. The van der Waals surface area contributed by atoms with Crippen LogP contribution in [0.25, 0.3) is 43.9 Å². The number of quaternary nitrogens is 1. The van der Waals surface area contributed by atoms with Gasteiger partial charge in [0.1, 0.15) is 42.0 Å². The number of esters is 1. The minimum absolute atomic E-state index is 0.114. The van der Waals surface area contributed by atoms with Crippen LogP contribution in [0.1, 0.15) is 16.1 Å². The predicted molar refractivity (Wildman–Crippen MR) is 162 cm³/mol. The number of nitrogens with zero attached hydrogens (tertiary/aromatic N) is 2. The lowest BCUT2D eigenvalue weighted by Gasteiger charge is -2.15. The van der Waals surface area contributed by atoms with Crippen LogP contribution >= 0.6 is 0 Å². The molecule has 2 aromatic carbocycles. The molecular formula is C32H27F4N5O6. The number of carboxylic acids is 1. The molecule has 0 atom stereocenters. The normalized spacial score (nSPS) is 11.6. The number of fused-ring (bicyclic) bond motifs is 4. The van der Waals surface area contributed by atoms with Crippen molar-refractivity contribution in [3.8, 4) is 11.1 Å². The second-order valence-electron chi connectivity index (χ2n) is 10.7. The number of likely N-dealkylation sites (N-methyl/N-ethyl adjacent to an activating group) is 1. The summed E-state index contributed by atoms with van der Waals surface area (Å²) in [6.07, 6.45) is -2.30. The zero-order valence-electron chi connectivity index (χ0n) is 24.9. The highest BCUT2D eigenvalue weighted by atomic mass is 19.4. The lowest BCUT2D eigenvalue weighted by molar-refractivity contribution is -0.858. The number of aliphatic carboxylic acids is 1. The average Bonchev–Trinajstić information content (AvgIpc) is 3.61. The van der Waals surface area contributed by atoms with Crippen LogP contribution in [0.3, 0.4) is 0 Å². The summed E-state index contributed by atoms with van der Waals surface area (Å²) in [6.45, 7) is 0.863. The largest absolute Gasteiger partial charge is 0.542 e. The summed E-state index contributed by atoms with van der Waals surface area (Å²) in [6, 6.07) is 15.4. The third kappa shape index (κ3) is 6.65. The number of alkyl halides is 3. The molecule has 0 amide bonds. The molecule has 11 nitrogen and oxygen atoms in total. The van der Waals surface area contributed by atoms with E-state index in [9.17, 15) is 22.8 Å². The number of nitrogens with one attached hydrogen (secondary N) is 2. The lowest BCUT2D eigenvalue weighted by atomic mass is 10.0. The van der Waals surface area contributed by atoms with Crippen LogP contribution < -0.4 is 21.3 Å². The van der Waals surface area contributed by atoms with Crippen molar-refractivity contribution in [2.75, 3.05) is 33.0 Å². The van der Waals surface area contributed by atoms with E-state index in [-0.39, 0.29) is 35.4 Å². The average molecular weight is 654 g/mol. The number of carboxylic acid groups (broad SMARTS) is 1. The van der Waals surface area contributed by atoms with Gasteiger partial charge in [-0.2, -0.15) is 13.2 Å². The molecule has 6 rings (SSSR count). The van der Waals surface area contributed by atoms with Gasteiger partial charge in [-0.1, -0.05) is 18.2 Å². The van der Waals surface area contributed by atoms with Crippen molar-refractivity contribution in [1.82, 2.24) is 14.5 Å². The number of H-pyrrole nitrogens is 1. The van der Waals surface area contributed by atoms with E-state index in [1.54, 1.807) is 22.8 Å². The number of benzene rings is 2. The molecule has 0 aliphatic carbocycles. The number of nitrogen functional groups attached to an aromatic ring is 1. The molecule has 0 aliphatic heterocycles. The highest BCUT2D eigenvalue weighted by Crippen LogP contribution is 2.41. The van der Waals surface area contributed by atoms with E-state index >= 15 is 4.39 Å². The lowest BCUT2D eigenvalue weighted by Crippen LogP contribution is -3.06. The number of aromatic amines is 1. The summed E-state index contributed by atoms with van der Waals surface area (Å²) < 4.78 is 60.1. The number of pyridine rings is 2. The SMILES string of the molecule is C[NH+](C)CCOC(=O)c1c(-c2ccc[nH]c2=O)c2c3occc3c(F)cc2n1Cc1cc(N)nc2ccccc12.O=C([O-])C(F)(F)F. The molecule has 4 aromatic heterocycles. The number of para-hydroxylation sites is 1. The van der Waals surface area contributed by atoms with Gasteiger partial charge in [-0.25, -0.2) is 14.2 Å². The van der Waals surface area contributed by atoms with E-state index in [0.717, 1.165) is 15.8 Å². The molecule has 0 saturated heterocycles. The molecule has 0 aliphatic rings. The maximum atomic E-state index is 15.4. The first-order valence-electron chi connectivity index (χ1n) is 14.1. The fraction of sp³-hybridized carbons (Fsp3) is 0.188. The summed E-state index contributed by atoms with van der Waals surface area (Å²) in [4.78, 5) is 44.0. The Kier molecular flexibility index (Phi) is 9.01. The number of furan rings is 1. The van der Waals surface area contributed by atoms with E-state index in [0.29, 0.717) is 34.3 Å². The first kappa shape index (κ1) is 32.7. The van der Waals surface area contributed by atoms with Crippen LogP contribution in [0.4, 0.5) is 23.4 Å². The molecule has 0 spiro atoms. The minimum atomic E-state index is -5.19. The molecule has 47 heavy (non-hydrogen) atoms. The number of nitrogens with two attached hydrogens (primary N) is 1. The monoisotopic (exact) mass is 653 g/mol. The first-order valence-corrected chi connectivity index (χ1v) is 14.1. The van der Waals surface area contributed by atoms with E-state index < -0.39 is 29.5 Å². The summed E-state index contributed by atoms with van der Waals surface area (Å²) in [5.41, 5.74) is 8.47. The number of hydrogen-bond acceptors (Lipinski definition) is 8. The van der Waals surface area contributed by atoms with Gasteiger partial charge in [-0.15, -0.1) is 0 Å². The third-order valence-corrected chi connectivity index (χ3v) is 7.21. The Morgan fingerprint density at radius 1 is 1.11 bits per heavy atom. The second kappa shape index (κ2) is 13.0. The molecule has 0 radical (unpaired) electrons. The van der Waals surface area contributed by atoms with Crippen molar-refractivity contribution in [1.29, 1.82) is 0 Å². The molecule has 15 heteroatoms. The number of carbonyl (C=O) groups excluding carboxylic acids is 2. The topological polar surface area (TPSA) is 161 Å². The smallest absolute Gasteiger partial charge is 0.430 e. The quantitative estimate of drug-likeness (QED) is 0.175. The van der Waals surface area contributed by atoms with Gasteiger partial charge in [-0.3, -0.25) is 4.79 Å². The number of halogens is 4. The summed E-state index contributed by atoms with van der Waals surface area (Å²) in [5, 5.41) is 10.3. The van der Waals surface area contributed by atoms with Gasteiger partial charge in [0, 0.05) is 23.7 Å². The number of rotatable bonds is 7. The number of hydrogen-bond donors (Lipinski definition) is 3. The van der Waals surface area contributed by atoms with Gasteiger partial charge in [-0.05, 0) is 42.0 Å². The third-order valence-electron chi connectivity index (χ3n) is 7.21. The standard InChI is InChI=1S/C30H26FN5O4.C2HF3O2/c1-35(2)11-13-40-30(38)27-25(20-7-5-10-33-29(20)37)26-23(15-21(31)19-9-12-39-28(19)26)36(27)16-17-14-24(32)34-22-8-4-3-6-18(17)22;3-2(4,5)1(6)7/h3-10,12,14-15H,11,13,16H2,1-2H3,(H2,32,34)(H,33,37);(H,6,7). The maximum absolute atomic E-state index is 15.4. The van der Waals surface area contributed by atoms with E-state index in [1.807, 2.05) is 38.4 Å². The fourth-order valence-electron chi connectivity index (χ4n) is 5.15. The van der Waals surface area contributed by atoms with E-state index in [1.165, 1.54) is 24.6 Å². The van der Waals surface area contributed by atoms with Gasteiger partial charge in [0.05, 0.1) is 47.7 Å². The molecule has 244 valence electrons. The maximum Gasteiger partial charge on any atom is 0.430 e. The zero-order valence-corrected chi connectivity index (χ0v) is 24.9. The van der Waals surface area contributed by atoms with Crippen LogP contribution in [-0.2, 0) is 16.1 Å². The van der Waals surface area contributed by atoms with Crippen molar-refractivity contribution in [3.05, 3.63) is 94.5 Å². The van der Waals surface area contributed by atoms with Crippen LogP contribution in [0.5, 0.6) is 0 Å². The first-order chi connectivity index (χ1) is 22.3. The molecular weight excluding hydrogens is 626 g/mol. The number of anilines is 1. The summed E-state index contributed by atoms with van der Waals surface area (Å²) in [7, 11) is 3.91. The summed E-state index contributed by atoms with van der Waals surface area (Å²) >= 11 is 0. The van der Waals surface area contributed by atoms with Crippen molar-refractivity contribution in [3.63, 3.8) is 0 Å². The van der Waals surface area contributed by atoms with Gasteiger partial charge in [0.2, 0.25) is 0 Å². The van der Waals surface area contributed by atoms with Crippen molar-refractivity contribution >= 4 is 50.5 Å². The van der Waals surface area contributed by atoms with Crippen LogP contribution in [0.15, 0.2) is 76.3 Å². The van der Waals surface area contributed by atoms with Crippen LogP contribution in [0, 0.1) is 5.82 Å². The van der Waals surface area contributed by atoms with Crippen LogP contribution in [-0.4, -0.2) is 59.9 Å². The number of carbonyl (C=O) groups is 2. The van der Waals surface area contributed by atoms with Crippen molar-refractivity contribution < 1.29 is 46.3 Å². The second-order valence-corrected chi connectivity index (χ2v) is 10.7. The number of ether oxygens (including phenoxy) is 1. The van der Waals surface area contributed by atoms with Gasteiger partial charge in [0.15, 0.2) is 0 Å². The highest BCUT2D eigenvalue weighted by molar-refractivity contribution is 6.17. The van der Waals surface area contributed by atoms with Crippen molar-refractivity contribution in [2.45, 2.75) is 12.7 Å². The highest BCUT2D eigenvalue weighted by Gasteiger charge is 2.31. The van der Waals surface area contributed by atoms with E-state index in [2.05, 4.69) is 9.97 Å². The Morgan fingerprint density at radius 2 is 1.83 bits per heavy atom. The Morgan fingerprint density at radius 3 is 2.51 bits per heavy atom. The Bertz CT molecular complexity index is 2180. The summed E-state index contributed by atoms with van der Waals surface area (Å²) in [5.74, 6) is -3.85. The van der Waals surface area contributed by atoms with Crippen LogP contribution in [0.2, 0.25) is 0 Å². The molecule has 0 bridgehead atoms. The predicted octanol–water partition coefficient (Wildman–Crippen LogP) is 2.66. The molecule has 4 heterocycles. The molecule has 0 fully saturated rings. The van der Waals surface area contributed by atoms with Gasteiger partial charge >= 0.3 is 12.1 Å². The van der Waals surface area contributed by atoms with Gasteiger partial charge in [0.25, 0.3) is 5.56 Å². The molecule has 0 unspecified atom stereocenters. The zero-order chi connectivity index (χ0) is 34.0. The molecule has 0 saturated carbocycles. The fourth-order valence-corrected chi connectivity index (χ4v) is 5.15. The molecule has 6 aromatic rings. The van der Waals surface area contributed by atoms with Crippen molar-refractivity contribution in [2.24, 2.45) is 0 Å². The number of aromatic nitrogens is 3. The Balaban J connectivity index is 0.000000559. The van der Waals surface area contributed by atoms with Gasteiger partial charge < -0.3 is 39.2 Å².